The van der Waals surface area contributed by atoms with E-state index >= 15 is 0 Å². The molecule has 0 radical (unpaired) electrons. The summed E-state index contributed by atoms with van der Waals surface area (Å²) in [6.07, 6.45) is 2.75. The number of aliphatic carboxylic acids is 1. The molecule has 0 amide bonds. The quantitative estimate of drug-likeness (QED) is 0.487. The minimum Gasteiger partial charge on any atom is -0.494 e. The van der Waals surface area contributed by atoms with Crippen LogP contribution in [0.1, 0.15) is 57.9 Å². The Kier molecular flexibility index (Phi) is 8.39. The number of carboxylic acid groups (broad SMARTS) is 1. The molecule has 1 atom stereocenters. The van der Waals surface area contributed by atoms with Crippen LogP contribution in [0.2, 0.25) is 0 Å². The van der Waals surface area contributed by atoms with E-state index in [-0.39, 0.29) is 12.3 Å². The van der Waals surface area contributed by atoms with Crippen LogP contribution in [0, 0.1) is 0 Å². The van der Waals surface area contributed by atoms with Crippen LogP contribution >= 0.6 is 0 Å². The lowest BCUT2D eigenvalue weighted by atomic mass is 9.87. The Morgan fingerprint density at radius 3 is 2.41 bits per heavy atom. The molecule has 0 unspecified atom stereocenters. The topological polar surface area (TPSA) is 85.0 Å². The van der Waals surface area contributed by atoms with Gasteiger partial charge in [-0.25, -0.2) is 0 Å². The number of nitrogen functional groups attached to an aromatic ring is 1. The van der Waals surface area contributed by atoms with Crippen LogP contribution in [0.3, 0.4) is 0 Å². The highest BCUT2D eigenvalue weighted by molar-refractivity contribution is 5.90. The number of nitrogens with zero attached hydrogens (tertiary/aromatic N) is 1. The van der Waals surface area contributed by atoms with Gasteiger partial charge in [0.15, 0.2) is 0 Å². The van der Waals surface area contributed by atoms with Crippen molar-refractivity contribution in [3.8, 4) is 16.9 Å². The molecule has 0 spiro atoms. The van der Waals surface area contributed by atoms with Crippen molar-refractivity contribution in [1.29, 1.82) is 0 Å². The van der Waals surface area contributed by atoms with Crippen LogP contribution in [0.25, 0.3) is 11.1 Å². The maximum absolute atomic E-state index is 11.5. The van der Waals surface area contributed by atoms with Crippen molar-refractivity contribution in [2.24, 2.45) is 0 Å². The fraction of sp³-hybridized carbons (Fsp3) is 0.500. The molecule has 0 aliphatic carbocycles. The Labute approximate surface area is 191 Å². The van der Waals surface area contributed by atoms with Crippen LogP contribution in [0.5, 0.6) is 5.75 Å². The van der Waals surface area contributed by atoms with Crippen molar-refractivity contribution in [3.63, 3.8) is 0 Å². The van der Waals surface area contributed by atoms with Gasteiger partial charge in [-0.15, -0.1) is 0 Å². The number of benzene rings is 2. The van der Waals surface area contributed by atoms with Crippen molar-refractivity contribution in [2.45, 2.75) is 58.4 Å². The second kappa shape index (κ2) is 11.2. The van der Waals surface area contributed by atoms with E-state index in [0.29, 0.717) is 18.3 Å². The maximum Gasteiger partial charge on any atom is 0.303 e. The van der Waals surface area contributed by atoms with Gasteiger partial charge in [0.05, 0.1) is 13.0 Å². The monoisotopic (exact) mass is 440 g/mol. The summed E-state index contributed by atoms with van der Waals surface area (Å²) in [6.45, 7) is 9.16. The zero-order valence-corrected chi connectivity index (χ0v) is 19.5. The number of anilines is 2. The summed E-state index contributed by atoms with van der Waals surface area (Å²) in [4.78, 5) is 13.9. The van der Waals surface area contributed by atoms with E-state index in [9.17, 15) is 9.90 Å². The molecule has 1 aliphatic rings. The molecule has 1 aliphatic heterocycles. The predicted octanol–water partition coefficient (Wildman–Crippen LogP) is 5.31. The van der Waals surface area contributed by atoms with Crippen LogP contribution in [-0.4, -0.2) is 43.5 Å². The first kappa shape index (κ1) is 23.9. The molecule has 174 valence electrons. The second-order valence-corrected chi connectivity index (χ2v) is 8.25. The molecule has 6 nitrogen and oxygen atoms in total. The fourth-order valence-corrected chi connectivity index (χ4v) is 4.71. The Balaban J connectivity index is 2.13. The van der Waals surface area contributed by atoms with E-state index in [0.717, 1.165) is 67.1 Å². The molecule has 1 saturated heterocycles. The maximum atomic E-state index is 11.5. The number of carbonyl (C=O) groups is 1. The lowest BCUT2D eigenvalue weighted by Crippen LogP contribution is -2.39. The Morgan fingerprint density at radius 1 is 1.16 bits per heavy atom. The van der Waals surface area contributed by atoms with Crippen LogP contribution in [0.4, 0.5) is 11.4 Å². The first-order valence-electron chi connectivity index (χ1n) is 11.7. The van der Waals surface area contributed by atoms with E-state index in [4.69, 9.17) is 15.2 Å². The molecule has 3 rings (SSSR count). The average molecular weight is 441 g/mol. The van der Waals surface area contributed by atoms with Gasteiger partial charge in [0.2, 0.25) is 0 Å². The summed E-state index contributed by atoms with van der Waals surface area (Å²) >= 11 is 0. The molecule has 2 aromatic carbocycles. The van der Waals surface area contributed by atoms with Gasteiger partial charge in [0.25, 0.3) is 0 Å². The van der Waals surface area contributed by atoms with Crippen molar-refractivity contribution in [3.05, 3.63) is 42.0 Å². The second-order valence-electron chi connectivity index (χ2n) is 8.25. The van der Waals surface area contributed by atoms with E-state index < -0.39 is 5.97 Å². The highest BCUT2D eigenvalue weighted by Gasteiger charge is 2.26. The summed E-state index contributed by atoms with van der Waals surface area (Å²) in [7, 11) is 0. The van der Waals surface area contributed by atoms with Gasteiger partial charge < -0.3 is 25.2 Å². The molecule has 3 N–H and O–H groups in total. The smallest absolute Gasteiger partial charge is 0.303 e. The third-order valence-corrected chi connectivity index (χ3v) is 6.35. The summed E-state index contributed by atoms with van der Waals surface area (Å²) in [6, 6.07) is 12.6. The first-order chi connectivity index (χ1) is 15.5. The van der Waals surface area contributed by atoms with Gasteiger partial charge in [0, 0.05) is 42.7 Å². The molecule has 6 heteroatoms. The van der Waals surface area contributed by atoms with Crippen LogP contribution in [0.15, 0.2) is 36.4 Å². The number of carboxylic acids is 1. The predicted molar refractivity (Wildman–Crippen MR) is 130 cm³/mol. The lowest BCUT2D eigenvalue weighted by molar-refractivity contribution is -0.137. The van der Waals surface area contributed by atoms with E-state index in [1.807, 2.05) is 44.2 Å². The number of hydrogen-bond acceptors (Lipinski definition) is 5. The summed E-state index contributed by atoms with van der Waals surface area (Å²) in [5.41, 5.74) is 11.5. The molecule has 1 fully saturated rings. The van der Waals surface area contributed by atoms with Gasteiger partial charge in [-0.2, -0.15) is 0 Å². The van der Waals surface area contributed by atoms with Gasteiger partial charge in [-0.1, -0.05) is 25.1 Å². The number of ether oxygens (including phenoxy) is 2. The summed E-state index contributed by atoms with van der Waals surface area (Å²) < 4.78 is 11.2. The summed E-state index contributed by atoms with van der Waals surface area (Å²) in [5, 5.41) is 9.41. The third-order valence-electron chi connectivity index (χ3n) is 6.35. The highest BCUT2D eigenvalue weighted by atomic mass is 16.5. The third kappa shape index (κ3) is 5.36. The van der Waals surface area contributed by atoms with Crippen LogP contribution < -0.4 is 15.4 Å². The van der Waals surface area contributed by atoms with Gasteiger partial charge in [-0.3, -0.25) is 4.79 Å². The van der Waals surface area contributed by atoms with Crippen LogP contribution in [-0.2, 0) is 9.53 Å². The van der Waals surface area contributed by atoms with E-state index in [2.05, 4.69) is 17.9 Å². The van der Waals surface area contributed by atoms with E-state index in [1.165, 1.54) is 0 Å². The first-order valence-corrected chi connectivity index (χ1v) is 11.7. The molecule has 0 saturated carbocycles. The molecule has 0 aromatic heterocycles. The fourth-order valence-electron chi connectivity index (χ4n) is 4.71. The Morgan fingerprint density at radius 2 is 1.84 bits per heavy atom. The van der Waals surface area contributed by atoms with Crippen molar-refractivity contribution < 1.29 is 19.4 Å². The molecule has 1 heterocycles. The zero-order chi connectivity index (χ0) is 23.1. The van der Waals surface area contributed by atoms with E-state index in [1.54, 1.807) is 0 Å². The van der Waals surface area contributed by atoms with Crippen molar-refractivity contribution >= 4 is 17.3 Å². The molecule has 32 heavy (non-hydrogen) atoms. The van der Waals surface area contributed by atoms with Gasteiger partial charge in [0.1, 0.15) is 5.75 Å². The molecular formula is C26H36N2O4. The molecule has 2 aromatic rings. The minimum atomic E-state index is -0.805. The lowest BCUT2D eigenvalue weighted by Gasteiger charge is -2.37. The van der Waals surface area contributed by atoms with Crippen molar-refractivity contribution in [1.82, 2.24) is 0 Å². The number of rotatable bonds is 10. The van der Waals surface area contributed by atoms with Crippen molar-refractivity contribution in [2.75, 3.05) is 37.0 Å². The Hall–Kier alpha value is -2.73. The largest absolute Gasteiger partial charge is 0.494 e. The number of hydrogen-bond donors (Lipinski definition) is 2. The minimum absolute atomic E-state index is 0.0697. The standard InChI is InChI=1S/C26H36N2O4/c1-4-18(17-24(29)30)22-11-12-23(28(5-2)20-13-15-31-16-14-20)25(26(22)27)19-7-9-21(10-8-19)32-6-3/h7-12,18,20H,4-6,13-17,27H2,1-3H3,(H,29,30)/t18-/m1/s1. The average Bonchev–Trinajstić information content (AvgIpc) is 2.80. The number of nitrogens with two attached hydrogens (primary N) is 1. The molecular weight excluding hydrogens is 404 g/mol. The van der Waals surface area contributed by atoms with Gasteiger partial charge >= 0.3 is 5.97 Å². The summed E-state index contributed by atoms with van der Waals surface area (Å²) in [5.74, 6) is -0.108. The SMILES string of the molecule is CCOc1ccc(-c2c(N(CC)C3CCOCC3)ccc([C@H](CC)CC(=O)O)c2N)cc1. The normalized spacial score (nSPS) is 15.3. The molecule has 0 bridgehead atoms. The Bertz CT molecular complexity index is 891. The highest BCUT2D eigenvalue weighted by Crippen LogP contribution is 2.43. The zero-order valence-electron chi connectivity index (χ0n) is 19.5. The van der Waals surface area contributed by atoms with Gasteiger partial charge in [-0.05, 0) is 68.4 Å².